The lowest BCUT2D eigenvalue weighted by Gasteiger charge is -2.36. The van der Waals surface area contributed by atoms with E-state index in [1.807, 2.05) is 0 Å². The van der Waals surface area contributed by atoms with Gasteiger partial charge in [0.1, 0.15) is 5.82 Å². The van der Waals surface area contributed by atoms with Crippen molar-refractivity contribution in [2.75, 3.05) is 27.2 Å². The summed E-state index contributed by atoms with van der Waals surface area (Å²) in [4.78, 5) is 4.47. The van der Waals surface area contributed by atoms with Gasteiger partial charge >= 0.3 is 7.12 Å². The maximum Gasteiger partial charge on any atom is 0.488 e. The number of rotatable bonds is 4. The van der Waals surface area contributed by atoms with Crippen molar-refractivity contribution >= 4 is 12.6 Å². The van der Waals surface area contributed by atoms with E-state index in [1.165, 1.54) is 12.5 Å². The summed E-state index contributed by atoms with van der Waals surface area (Å²) in [6.45, 7) is 2.49. The highest BCUT2D eigenvalue weighted by atomic mass is 19.1. The molecule has 1 aromatic rings. The predicted octanol–water partition coefficient (Wildman–Crippen LogP) is 0.0315. The van der Waals surface area contributed by atoms with Crippen LogP contribution in [0.1, 0.15) is 18.4 Å². The highest BCUT2D eigenvalue weighted by Gasteiger charge is 2.22. The molecule has 1 aromatic carbocycles. The summed E-state index contributed by atoms with van der Waals surface area (Å²) in [6, 6.07) is 4.93. The molecule has 0 radical (unpaired) electrons. The SMILES string of the molecule is CN(C)C1CCCN(Cc2ccc(B(O)O)cc2F)C1. The fraction of sp³-hybridized carbons (Fsp3) is 0.571. The topological polar surface area (TPSA) is 46.9 Å². The summed E-state index contributed by atoms with van der Waals surface area (Å²) in [5.41, 5.74) is 0.796. The average molecular weight is 280 g/mol. The lowest BCUT2D eigenvalue weighted by molar-refractivity contribution is 0.127. The van der Waals surface area contributed by atoms with Crippen LogP contribution in [0, 0.1) is 5.82 Å². The van der Waals surface area contributed by atoms with Crippen molar-refractivity contribution in [1.82, 2.24) is 9.80 Å². The molecule has 1 aliphatic rings. The Morgan fingerprint density at radius 3 is 2.75 bits per heavy atom. The summed E-state index contributed by atoms with van der Waals surface area (Å²) in [5.74, 6) is -0.373. The molecule has 6 heteroatoms. The Hall–Kier alpha value is -0.945. The molecular weight excluding hydrogens is 258 g/mol. The summed E-state index contributed by atoms with van der Waals surface area (Å²) >= 11 is 0. The van der Waals surface area contributed by atoms with E-state index in [4.69, 9.17) is 10.0 Å². The maximum absolute atomic E-state index is 14.0. The molecule has 1 atom stereocenters. The first-order valence-corrected chi connectivity index (χ1v) is 7.00. The van der Waals surface area contributed by atoms with Gasteiger partial charge in [-0.1, -0.05) is 12.1 Å². The molecule has 1 fully saturated rings. The molecule has 0 amide bonds. The molecular formula is C14H22BFN2O2. The third-order valence-electron chi connectivity index (χ3n) is 3.98. The zero-order valence-electron chi connectivity index (χ0n) is 12.1. The van der Waals surface area contributed by atoms with Crippen molar-refractivity contribution in [2.24, 2.45) is 0 Å². The number of hydrogen-bond donors (Lipinski definition) is 2. The molecule has 0 saturated carbocycles. The Bertz CT molecular complexity index is 457. The monoisotopic (exact) mass is 280 g/mol. The number of likely N-dealkylation sites (N-methyl/N-ethyl adjacent to an activating group) is 1. The third-order valence-corrected chi connectivity index (χ3v) is 3.98. The minimum absolute atomic E-state index is 0.191. The van der Waals surface area contributed by atoms with Gasteiger partial charge < -0.3 is 14.9 Å². The molecule has 20 heavy (non-hydrogen) atoms. The average Bonchev–Trinajstić information content (AvgIpc) is 2.41. The molecule has 0 spiro atoms. The van der Waals surface area contributed by atoms with Crippen LogP contribution in [0.5, 0.6) is 0 Å². The molecule has 4 nitrogen and oxygen atoms in total. The molecule has 2 N–H and O–H groups in total. The van der Waals surface area contributed by atoms with Crippen LogP contribution in [0.2, 0.25) is 0 Å². The normalized spacial score (nSPS) is 20.4. The molecule has 1 saturated heterocycles. The predicted molar refractivity (Wildman–Crippen MR) is 78.2 cm³/mol. The first-order chi connectivity index (χ1) is 9.47. The smallest absolute Gasteiger partial charge is 0.423 e. The number of benzene rings is 1. The number of nitrogens with zero attached hydrogens (tertiary/aromatic N) is 2. The van der Waals surface area contributed by atoms with E-state index in [0.717, 1.165) is 19.5 Å². The third kappa shape index (κ3) is 3.79. The van der Waals surface area contributed by atoms with E-state index >= 15 is 0 Å². The molecule has 0 bridgehead atoms. The van der Waals surface area contributed by atoms with Crippen molar-refractivity contribution in [2.45, 2.75) is 25.4 Å². The molecule has 0 aliphatic carbocycles. The standard InChI is InChI=1S/C14H22BFN2O2/c1-17(2)13-4-3-7-18(10-13)9-11-5-6-12(15(19)20)8-14(11)16/h5-6,8,13,19-20H,3-4,7,9-10H2,1-2H3. The van der Waals surface area contributed by atoms with Gasteiger partial charge in [0, 0.05) is 24.7 Å². The molecule has 110 valence electrons. The van der Waals surface area contributed by atoms with Crippen LogP contribution < -0.4 is 5.46 Å². The second-order valence-corrected chi connectivity index (χ2v) is 5.72. The van der Waals surface area contributed by atoms with Crippen LogP contribution in [-0.4, -0.2) is 60.2 Å². The highest BCUT2D eigenvalue weighted by molar-refractivity contribution is 6.58. The lowest BCUT2D eigenvalue weighted by Crippen LogP contribution is -2.44. The van der Waals surface area contributed by atoms with Gasteiger partial charge in [-0.05, 0) is 45.0 Å². The van der Waals surface area contributed by atoms with Crippen molar-refractivity contribution in [1.29, 1.82) is 0 Å². The van der Waals surface area contributed by atoms with Crippen LogP contribution in [-0.2, 0) is 6.54 Å². The van der Waals surface area contributed by atoms with Gasteiger partial charge in [0.05, 0.1) is 0 Å². The number of hydrogen-bond acceptors (Lipinski definition) is 4. The zero-order chi connectivity index (χ0) is 14.7. The summed E-state index contributed by atoms with van der Waals surface area (Å²) in [5, 5.41) is 18.1. The van der Waals surface area contributed by atoms with Crippen LogP contribution in [0.15, 0.2) is 18.2 Å². The number of halogens is 1. The van der Waals surface area contributed by atoms with E-state index in [-0.39, 0.29) is 11.3 Å². The Labute approximate surface area is 120 Å². The van der Waals surface area contributed by atoms with Crippen molar-refractivity contribution in [3.05, 3.63) is 29.6 Å². The van der Waals surface area contributed by atoms with Gasteiger partial charge in [-0.15, -0.1) is 0 Å². The van der Waals surface area contributed by atoms with E-state index in [2.05, 4.69) is 23.9 Å². The second-order valence-electron chi connectivity index (χ2n) is 5.72. The van der Waals surface area contributed by atoms with Gasteiger partial charge in [-0.3, -0.25) is 4.90 Å². The Kier molecular flexibility index (Phi) is 5.15. The van der Waals surface area contributed by atoms with Gasteiger partial charge in [0.15, 0.2) is 0 Å². The fourth-order valence-corrected chi connectivity index (χ4v) is 2.69. The molecule has 1 aliphatic heterocycles. The number of piperidine rings is 1. The molecule has 0 aromatic heterocycles. The Balaban J connectivity index is 2.02. The highest BCUT2D eigenvalue weighted by Crippen LogP contribution is 2.17. The van der Waals surface area contributed by atoms with Gasteiger partial charge in [0.2, 0.25) is 0 Å². The summed E-state index contributed by atoms with van der Waals surface area (Å²) in [7, 11) is 2.53. The first kappa shape index (κ1) is 15.4. The Morgan fingerprint density at radius 1 is 1.40 bits per heavy atom. The molecule has 1 unspecified atom stereocenters. The van der Waals surface area contributed by atoms with Crippen LogP contribution in [0.4, 0.5) is 4.39 Å². The van der Waals surface area contributed by atoms with Crippen molar-refractivity contribution in [3.63, 3.8) is 0 Å². The van der Waals surface area contributed by atoms with Gasteiger partial charge in [0.25, 0.3) is 0 Å². The van der Waals surface area contributed by atoms with E-state index < -0.39 is 7.12 Å². The van der Waals surface area contributed by atoms with Gasteiger partial charge in [-0.2, -0.15) is 0 Å². The van der Waals surface area contributed by atoms with Crippen molar-refractivity contribution < 1.29 is 14.4 Å². The quantitative estimate of drug-likeness (QED) is 0.764. The van der Waals surface area contributed by atoms with E-state index in [1.54, 1.807) is 12.1 Å². The lowest BCUT2D eigenvalue weighted by atomic mass is 9.80. The Morgan fingerprint density at radius 2 is 2.15 bits per heavy atom. The van der Waals surface area contributed by atoms with Crippen LogP contribution >= 0.6 is 0 Å². The fourth-order valence-electron chi connectivity index (χ4n) is 2.69. The minimum Gasteiger partial charge on any atom is -0.423 e. The van der Waals surface area contributed by atoms with E-state index in [9.17, 15) is 4.39 Å². The van der Waals surface area contributed by atoms with Gasteiger partial charge in [-0.25, -0.2) is 4.39 Å². The molecule has 2 rings (SSSR count). The minimum atomic E-state index is -1.62. The largest absolute Gasteiger partial charge is 0.488 e. The first-order valence-electron chi connectivity index (χ1n) is 7.00. The summed E-state index contributed by atoms with van der Waals surface area (Å²) < 4.78 is 14.0. The second kappa shape index (κ2) is 6.67. The molecule has 1 heterocycles. The van der Waals surface area contributed by atoms with Crippen LogP contribution in [0.3, 0.4) is 0 Å². The van der Waals surface area contributed by atoms with Crippen molar-refractivity contribution in [3.8, 4) is 0 Å². The van der Waals surface area contributed by atoms with Crippen LogP contribution in [0.25, 0.3) is 0 Å². The van der Waals surface area contributed by atoms with E-state index in [0.29, 0.717) is 18.2 Å². The number of likely N-dealkylation sites (tertiary alicyclic amines) is 1. The zero-order valence-corrected chi connectivity index (χ0v) is 12.1. The summed E-state index contributed by atoms with van der Waals surface area (Å²) in [6.07, 6.45) is 2.31. The maximum atomic E-state index is 14.0.